The van der Waals surface area contributed by atoms with Gasteiger partial charge in [-0.15, -0.1) is 0 Å². The fourth-order valence-electron chi connectivity index (χ4n) is 0.854. The van der Waals surface area contributed by atoms with Crippen molar-refractivity contribution >= 4 is 0 Å². The average molecular weight is 200 g/mol. The summed E-state index contributed by atoms with van der Waals surface area (Å²) in [7, 11) is 2.60. The molecule has 0 saturated carbocycles. The molecule has 0 heterocycles. The first kappa shape index (κ1) is 12.7. The van der Waals surface area contributed by atoms with Crippen LogP contribution in [-0.4, -0.2) is 37.6 Å². The number of hydrogen-bond acceptors (Lipinski definition) is 4. The smallest absolute Gasteiger partial charge is 0.123 e. The van der Waals surface area contributed by atoms with Crippen LogP contribution in [0.1, 0.15) is 0 Å². The molecule has 0 aromatic heterocycles. The van der Waals surface area contributed by atoms with Crippen LogP contribution in [-0.2, 0) is 0 Å². The van der Waals surface area contributed by atoms with Gasteiger partial charge in [-0.1, -0.05) is 6.07 Å². The lowest BCUT2D eigenvalue weighted by Crippen LogP contribution is -2.01. The Bertz CT molecular complexity index is 237. The van der Waals surface area contributed by atoms with Gasteiger partial charge in [0.05, 0.1) is 13.7 Å². The van der Waals surface area contributed by atoms with Gasteiger partial charge in [0, 0.05) is 13.2 Å². The van der Waals surface area contributed by atoms with Crippen molar-refractivity contribution in [1.29, 1.82) is 0 Å². The monoisotopic (exact) mass is 200 g/mol. The minimum atomic E-state index is 0.0250. The van der Waals surface area contributed by atoms with Crippen molar-refractivity contribution in [2.75, 3.05) is 27.4 Å². The fraction of sp³-hybridized carbons (Fsp3) is 0.400. The van der Waals surface area contributed by atoms with Crippen molar-refractivity contribution in [2.24, 2.45) is 0 Å². The van der Waals surface area contributed by atoms with Gasteiger partial charge in [0.1, 0.15) is 18.1 Å². The number of benzene rings is 1. The molecule has 0 unspecified atom stereocenters. The lowest BCUT2D eigenvalue weighted by molar-refractivity contribution is 0.201. The van der Waals surface area contributed by atoms with E-state index in [-0.39, 0.29) is 6.61 Å². The SMILES string of the molecule is CO.COc1cccc(OCCO)c1. The molecule has 80 valence electrons. The Hall–Kier alpha value is -1.26. The highest BCUT2D eigenvalue weighted by Gasteiger charge is 1.94. The van der Waals surface area contributed by atoms with Gasteiger partial charge in [-0.2, -0.15) is 0 Å². The molecular weight excluding hydrogens is 184 g/mol. The van der Waals surface area contributed by atoms with Gasteiger partial charge >= 0.3 is 0 Å². The number of hydrogen-bond donors (Lipinski definition) is 2. The van der Waals surface area contributed by atoms with Gasteiger partial charge in [0.2, 0.25) is 0 Å². The van der Waals surface area contributed by atoms with E-state index in [1.807, 2.05) is 18.2 Å². The molecule has 1 rings (SSSR count). The van der Waals surface area contributed by atoms with E-state index in [2.05, 4.69) is 0 Å². The van der Waals surface area contributed by atoms with Crippen molar-refractivity contribution in [3.8, 4) is 11.5 Å². The highest BCUT2D eigenvalue weighted by atomic mass is 16.5. The molecule has 0 spiro atoms. The minimum Gasteiger partial charge on any atom is -0.497 e. The Morgan fingerprint density at radius 2 is 1.86 bits per heavy atom. The van der Waals surface area contributed by atoms with Gasteiger partial charge in [-0.3, -0.25) is 0 Å². The molecule has 0 atom stereocenters. The zero-order chi connectivity index (χ0) is 10.8. The Labute approximate surface area is 83.7 Å². The van der Waals surface area contributed by atoms with E-state index < -0.39 is 0 Å². The van der Waals surface area contributed by atoms with E-state index in [0.717, 1.165) is 12.9 Å². The average Bonchev–Trinajstić information content (AvgIpc) is 2.29. The third-order valence-corrected chi connectivity index (χ3v) is 1.40. The van der Waals surface area contributed by atoms with Crippen molar-refractivity contribution in [1.82, 2.24) is 0 Å². The molecule has 14 heavy (non-hydrogen) atoms. The second kappa shape index (κ2) is 8.34. The van der Waals surface area contributed by atoms with Gasteiger partial charge in [0.15, 0.2) is 0 Å². The second-order valence-electron chi connectivity index (χ2n) is 2.25. The molecule has 0 amide bonds. The van der Waals surface area contributed by atoms with Crippen LogP contribution in [0.2, 0.25) is 0 Å². The van der Waals surface area contributed by atoms with E-state index in [0.29, 0.717) is 12.4 Å². The topological polar surface area (TPSA) is 58.9 Å². The van der Waals surface area contributed by atoms with Crippen LogP contribution in [0.25, 0.3) is 0 Å². The Kier molecular flexibility index (Phi) is 7.59. The Morgan fingerprint density at radius 1 is 1.21 bits per heavy atom. The van der Waals surface area contributed by atoms with Crippen LogP contribution in [0.4, 0.5) is 0 Å². The molecule has 0 aliphatic rings. The van der Waals surface area contributed by atoms with Gasteiger partial charge in [-0.25, -0.2) is 0 Å². The minimum absolute atomic E-state index is 0.0250. The highest BCUT2D eigenvalue weighted by Crippen LogP contribution is 2.18. The zero-order valence-electron chi connectivity index (χ0n) is 8.43. The maximum absolute atomic E-state index is 8.50. The summed E-state index contributed by atoms with van der Waals surface area (Å²) in [4.78, 5) is 0. The Balaban J connectivity index is 0.000000791. The van der Waals surface area contributed by atoms with E-state index in [1.165, 1.54) is 0 Å². The first-order valence-corrected chi connectivity index (χ1v) is 4.19. The molecule has 0 aliphatic carbocycles. The molecule has 1 aromatic rings. The van der Waals surface area contributed by atoms with E-state index >= 15 is 0 Å². The molecule has 0 saturated heterocycles. The molecule has 0 fully saturated rings. The van der Waals surface area contributed by atoms with Crippen LogP contribution in [0.5, 0.6) is 11.5 Å². The summed E-state index contributed by atoms with van der Waals surface area (Å²) >= 11 is 0. The van der Waals surface area contributed by atoms with Crippen LogP contribution in [0.3, 0.4) is 0 Å². The van der Waals surface area contributed by atoms with Gasteiger partial charge < -0.3 is 19.7 Å². The van der Waals surface area contributed by atoms with Gasteiger partial charge in [0.25, 0.3) is 0 Å². The molecule has 4 heteroatoms. The largest absolute Gasteiger partial charge is 0.497 e. The van der Waals surface area contributed by atoms with E-state index in [4.69, 9.17) is 19.7 Å². The molecule has 0 aliphatic heterocycles. The number of rotatable bonds is 4. The van der Waals surface area contributed by atoms with E-state index in [1.54, 1.807) is 13.2 Å². The van der Waals surface area contributed by atoms with Gasteiger partial charge in [-0.05, 0) is 12.1 Å². The lowest BCUT2D eigenvalue weighted by atomic mass is 10.3. The maximum atomic E-state index is 8.50. The number of methoxy groups -OCH3 is 1. The lowest BCUT2D eigenvalue weighted by Gasteiger charge is -2.05. The highest BCUT2D eigenvalue weighted by molar-refractivity contribution is 5.32. The third kappa shape index (κ3) is 4.69. The summed E-state index contributed by atoms with van der Waals surface area (Å²) in [5.41, 5.74) is 0. The number of aliphatic hydroxyl groups is 2. The molecule has 1 aromatic carbocycles. The molecule has 0 radical (unpaired) electrons. The standard InChI is InChI=1S/C9H12O3.CH4O/c1-11-8-3-2-4-9(7-8)12-6-5-10;1-2/h2-4,7,10H,5-6H2,1H3;2H,1H3. The molecule has 2 N–H and O–H groups in total. The molecule has 4 nitrogen and oxygen atoms in total. The summed E-state index contributed by atoms with van der Waals surface area (Å²) in [6.07, 6.45) is 0. The van der Waals surface area contributed by atoms with Crippen LogP contribution >= 0.6 is 0 Å². The predicted molar refractivity (Wildman–Crippen MR) is 53.7 cm³/mol. The van der Waals surface area contributed by atoms with Crippen LogP contribution in [0.15, 0.2) is 24.3 Å². The zero-order valence-corrected chi connectivity index (χ0v) is 8.43. The van der Waals surface area contributed by atoms with Crippen molar-refractivity contribution in [3.05, 3.63) is 24.3 Å². The summed E-state index contributed by atoms with van der Waals surface area (Å²) in [5, 5.41) is 15.5. The first-order valence-electron chi connectivity index (χ1n) is 4.19. The molecular formula is C10H16O4. The summed E-state index contributed by atoms with van der Waals surface area (Å²) in [6.45, 7) is 0.338. The fourth-order valence-corrected chi connectivity index (χ4v) is 0.854. The summed E-state index contributed by atoms with van der Waals surface area (Å²) in [6, 6.07) is 7.27. The number of ether oxygens (including phenoxy) is 2. The number of aliphatic hydroxyl groups excluding tert-OH is 2. The third-order valence-electron chi connectivity index (χ3n) is 1.40. The first-order chi connectivity index (χ1) is 6.86. The normalized spacial score (nSPS) is 8.57. The Morgan fingerprint density at radius 3 is 2.43 bits per heavy atom. The maximum Gasteiger partial charge on any atom is 0.123 e. The quantitative estimate of drug-likeness (QED) is 0.750. The van der Waals surface area contributed by atoms with Crippen LogP contribution in [0, 0.1) is 0 Å². The second-order valence-corrected chi connectivity index (χ2v) is 2.25. The van der Waals surface area contributed by atoms with Crippen molar-refractivity contribution < 1.29 is 19.7 Å². The summed E-state index contributed by atoms with van der Waals surface area (Å²) in [5.74, 6) is 1.47. The predicted octanol–water partition coefficient (Wildman–Crippen LogP) is 0.675. The van der Waals surface area contributed by atoms with Crippen LogP contribution < -0.4 is 9.47 Å². The van der Waals surface area contributed by atoms with E-state index in [9.17, 15) is 0 Å². The summed E-state index contributed by atoms with van der Waals surface area (Å²) < 4.78 is 10.2. The van der Waals surface area contributed by atoms with Crippen molar-refractivity contribution in [3.63, 3.8) is 0 Å². The van der Waals surface area contributed by atoms with Crippen molar-refractivity contribution in [2.45, 2.75) is 0 Å². The molecule has 0 bridgehead atoms.